The van der Waals surface area contributed by atoms with Gasteiger partial charge < -0.3 is 4.80 Å². The van der Waals surface area contributed by atoms with E-state index in [0.29, 0.717) is 0 Å². The van der Waals surface area contributed by atoms with Crippen LogP contribution in [0.2, 0.25) is 0 Å². The van der Waals surface area contributed by atoms with Crippen LogP contribution in [0.4, 0.5) is 0 Å². The summed E-state index contributed by atoms with van der Waals surface area (Å²) >= 11 is 0. The number of hydrogen-bond donors (Lipinski definition) is 1. The van der Waals surface area contributed by atoms with E-state index in [4.69, 9.17) is 4.80 Å². The van der Waals surface area contributed by atoms with Gasteiger partial charge in [0, 0.05) is 0 Å². The van der Waals surface area contributed by atoms with Crippen LogP contribution in [0.15, 0.2) is 18.2 Å². The van der Waals surface area contributed by atoms with Crippen molar-refractivity contribution in [3.63, 3.8) is 0 Å². The SMILES string of the molecule is Cc1ccc([Si]O)c(C)c1. The molecule has 0 spiro atoms. The quantitative estimate of drug-likeness (QED) is 0.579. The lowest BCUT2D eigenvalue weighted by Gasteiger charge is -2.00. The van der Waals surface area contributed by atoms with Gasteiger partial charge in [-0.25, -0.2) is 0 Å². The number of aryl methyl sites for hydroxylation is 2. The van der Waals surface area contributed by atoms with E-state index in [0.717, 1.165) is 5.19 Å². The van der Waals surface area contributed by atoms with Gasteiger partial charge in [-0.15, -0.1) is 0 Å². The molecular weight excluding hydrogens is 140 g/mol. The highest BCUT2D eigenvalue weighted by Crippen LogP contribution is 1.98. The van der Waals surface area contributed by atoms with Gasteiger partial charge in [0.2, 0.25) is 0 Å². The van der Waals surface area contributed by atoms with E-state index >= 15 is 0 Å². The van der Waals surface area contributed by atoms with E-state index in [2.05, 4.69) is 13.0 Å². The van der Waals surface area contributed by atoms with Crippen molar-refractivity contribution in [2.24, 2.45) is 0 Å². The molecule has 10 heavy (non-hydrogen) atoms. The van der Waals surface area contributed by atoms with Crippen molar-refractivity contribution in [2.45, 2.75) is 13.8 Å². The molecule has 0 amide bonds. The molecule has 1 nitrogen and oxygen atoms in total. The van der Waals surface area contributed by atoms with Crippen molar-refractivity contribution in [1.29, 1.82) is 0 Å². The van der Waals surface area contributed by atoms with Gasteiger partial charge in [-0.3, -0.25) is 0 Å². The van der Waals surface area contributed by atoms with Gasteiger partial charge in [0.1, 0.15) is 0 Å². The third-order valence-corrected chi connectivity index (χ3v) is 2.30. The summed E-state index contributed by atoms with van der Waals surface area (Å²) in [4.78, 5) is 8.84. The first-order valence-corrected chi connectivity index (χ1v) is 4.16. The van der Waals surface area contributed by atoms with Crippen LogP contribution in [0.1, 0.15) is 11.1 Å². The summed E-state index contributed by atoms with van der Waals surface area (Å²) in [5, 5.41) is 1.05. The van der Waals surface area contributed by atoms with E-state index < -0.39 is 0 Å². The summed E-state index contributed by atoms with van der Waals surface area (Å²) in [5.41, 5.74) is 2.43. The molecule has 1 N–H and O–H groups in total. The van der Waals surface area contributed by atoms with E-state index in [9.17, 15) is 0 Å². The minimum absolute atomic E-state index is 0.0748. The molecule has 0 aromatic heterocycles. The van der Waals surface area contributed by atoms with E-state index in [1.165, 1.54) is 11.1 Å². The van der Waals surface area contributed by atoms with Gasteiger partial charge in [0.25, 0.3) is 9.76 Å². The van der Waals surface area contributed by atoms with Crippen molar-refractivity contribution in [1.82, 2.24) is 0 Å². The fourth-order valence-electron chi connectivity index (χ4n) is 0.939. The van der Waals surface area contributed by atoms with E-state index in [1.807, 2.05) is 19.1 Å². The first kappa shape index (κ1) is 7.50. The highest BCUT2D eigenvalue weighted by molar-refractivity contribution is 6.46. The van der Waals surface area contributed by atoms with Crippen LogP contribution < -0.4 is 5.19 Å². The molecule has 0 unspecified atom stereocenters. The Balaban J connectivity index is 3.07. The molecule has 0 fully saturated rings. The molecule has 0 saturated heterocycles. The van der Waals surface area contributed by atoms with E-state index in [1.54, 1.807) is 0 Å². The average molecular weight is 150 g/mol. The summed E-state index contributed by atoms with van der Waals surface area (Å²) < 4.78 is 0. The van der Waals surface area contributed by atoms with Gasteiger partial charge in [-0.2, -0.15) is 0 Å². The van der Waals surface area contributed by atoms with Gasteiger partial charge in [0.15, 0.2) is 0 Å². The monoisotopic (exact) mass is 150 g/mol. The third kappa shape index (κ3) is 1.46. The Labute approximate surface area is 63.7 Å². The topological polar surface area (TPSA) is 20.2 Å². The molecule has 0 heterocycles. The molecule has 0 aliphatic carbocycles. The summed E-state index contributed by atoms with van der Waals surface area (Å²) in [6, 6.07) is 6.08. The lowest BCUT2D eigenvalue weighted by molar-refractivity contribution is 0.615. The van der Waals surface area contributed by atoms with Gasteiger partial charge in [0.05, 0.1) is 0 Å². The Hall–Kier alpha value is -0.603. The smallest absolute Gasteiger partial charge is 0.265 e. The minimum atomic E-state index is -0.0748. The summed E-state index contributed by atoms with van der Waals surface area (Å²) in [7, 11) is -0.0748. The third-order valence-electron chi connectivity index (χ3n) is 1.50. The molecule has 1 rings (SSSR count). The van der Waals surface area contributed by atoms with Crippen LogP contribution in [0.3, 0.4) is 0 Å². The number of rotatable bonds is 1. The van der Waals surface area contributed by atoms with E-state index in [-0.39, 0.29) is 9.76 Å². The molecule has 2 radical (unpaired) electrons. The Morgan fingerprint density at radius 1 is 1.30 bits per heavy atom. The Morgan fingerprint density at radius 3 is 2.50 bits per heavy atom. The van der Waals surface area contributed by atoms with Crippen molar-refractivity contribution < 1.29 is 4.80 Å². The van der Waals surface area contributed by atoms with Crippen molar-refractivity contribution in [3.8, 4) is 0 Å². The van der Waals surface area contributed by atoms with Gasteiger partial charge in [-0.05, 0) is 24.6 Å². The lowest BCUT2D eigenvalue weighted by atomic mass is 10.2. The summed E-state index contributed by atoms with van der Waals surface area (Å²) in [6.45, 7) is 4.07. The lowest BCUT2D eigenvalue weighted by Crippen LogP contribution is -2.16. The normalized spacial score (nSPS) is 9.90. The summed E-state index contributed by atoms with van der Waals surface area (Å²) in [6.07, 6.45) is 0. The molecule has 0 bridgehead atoms. The second kappa shape index (κ2) is 2.99. The Kier molecular flexibility index (Phi) is 2.24. The van der Waals surface area contributed by atoms with Crippen LogP contribution in [-0.4, -0.2) is 14.6 Å². The molecule has 0 saturated carbocycles. The maximum absolute atomic E-state index is 8.84. The zero-order valence-corrected chi connectivity index (χ0v) is 7.18. The van der Waals surface area contributed by atoms with Crippen molar-refractivity contribution >= 4 is 14.9 Å². The predicted molar refractivity (Wildman–Crippen MR) is 43.5 cm³/mol. The van der Waals surface area contributed by atoms with Crippen LogP contribution in [0.5, 0.6) is 0 Å². The summed E-state index contributed by atoms with van der Waals surface area (Å²) in [5.74, 6) is 0. The van der Waals surface area contributed by atoms with Crippen LogP contribution in [0.25, 0.3) is 0 Å². The highest BCUT2D eigenvalue weighted by atomic mass is 28.2. The molecule has 1 aromatic carbocycles. The number of hydrogen-bond acceptors (Lipinski definition) is 1. The molecule has 0 atom stereocenters. The highest BCUT2D eigenvalue weighted by Gasteiger charge is 1.96. The minimum Gasteiger partial charge on any atom is -0.428 e. The average Bonchev–Trinajstić information content (AvgIpc) is 1.88. The molecule has 1 aromatic rings. The molecule has 0 aliphatic rings. The Morgan fingerprint density at radius 2 is 2.00 bits per heavy atom. The Bertz CT molecular complexity index is 233. The largest absolute Gasteiger partial charge is 0.428 e. The van der Waals surface area contributed by atoms with Gasteiger partial charge in [-0.1, -0.05) is 23.8 Å². The maximum atomic E-state index is 8.84. The second-order valence-electron chi connectivity index (χ2n) is 2.43. The standard InChI is InChI=1S/C8H10OSi/c1-6-3-4-8(10-9)7(2)5-6/h3-5,9H,1-2H3. The van der Waals surface area contributed by atoms with Crippen molar-refractivity contribution in [3.05, 3.63) is 29.3 Å². The maximum Gasteiger partial charge on any atom is 0.265 e. The zero-order chi connectivity index (χ0) is 7.56. The molecule has 2 heteroatoms. The first-order chi connectivity index (χ1) is 4.74. The zero-order valence-electron chi connectivity index (χ0n) is 6.18. The first-order valence-electron chi connectivity index (χ1n) is 3.21. The molecular formula is C8H10OSi. The fraction of sp³-hybridized carbons (Fsp3) is 0.250. The second-order valence-corrected chi connectivity index (χ2v) is 3.19. The number of benzene rings is 1. The van der Waals surface area contributed by atoms with Crippen LogP contribution in [0, 0.1) is 13.8 Å². The van der Waals surface area contributed by atoms with Crippen LogP contribution in [-0.2, 0) is 0 Å². The van der Waals surface area contributed by atoms with Gasteiger partial charge >= 0.3 is 0 Å². The molecule has 0 aliphatic heterocycles. The predicted octanol–water partition coefficient (Wildman–Crippen LogP) is 0.540. The molecule has 52 valence electrons. The van der Waals surface area contributed by atoms with Crippen molar-refractivity contribution in [2.75, 3.05) is 0 Å². The van der Waals surface area contributed by atoms with Crippen LogP contribution >= 0.6 is 0 Å². The fourth-order valence-corrected chi connectivity index (χ4v) is 1.35.